The first-order valence-corrected chi connectivity index (χ1v) is 9.88. The zero-order valence-electron chi connectivity index (χ0n) is 17.6. The van der Waals surface area contributed by atoms with E-state index in [9.17, 15) is 39.6 Å². The van der Waals surface area contributed by atoms with E-state index >= 15 is 4.39 Å². The van der Waals surface area contributed by atoms with Crippen LogP contribution in [0.15, 0.2) is 36.1 Å². The summed E-state index contributed by atoms with van der Waals surface area (Å²) in [7, 11) is 2.68. The molecule has 0 aliphatic heterocycles. The number of hydrogen-bond acceptors (Lipinski definition) is 9. The number of rotatable bonds is 2. The zero-order chi connectivity index (χ0) is 24.8. The summed E-state index contributed by atoms with van der Waals surface area (Å²) in [6.07, 6.45) is -2.10. The van der Waals surface area contributed by atoms with Crippen LogP contribution in [0.1, 0.15) is 15.9 Å². The monoisotopic (exact) mass is 460 g/mol. The minimum Gasteiger partial charge on any atom is -0.508 e. The van der Waals surface area contributed by atoms with Crippen molar-refractivity contribution in [3.05, 3.63) is 47.2 Å². The van der Waals surface area contributed by atoms with Gasteiger partial charge in [0, 0.05) is 0 Å². The summed E-state index contributed by atoms with van der Waals surface area (Å²) in [6.45, 7) is 3.71. The third kappa shape index (κ3) is 2.46. The third-order valence-electron chi connectivity index (χ3n) is 6.87. The number of benzene rings is 1. The Kier molecular flexibility index (Phi) is 4.69. The van der Waals surface area contributed by atoms with Crippen LogP contribution in [-0.4, -0.2) is 86.1 Å². The number of aromatic hydroxyl groups is 1. The number of nitrogens with zero attached hydrogens (tertiary/aromatic N) is 1. The number of aliphatic hydroxyl groups excluding tert-OH is 2. The minimum absolute atomic E-state index is 0.0170. The molecule has 1 saturated carbocycles. The molecule has 0 spiro atoms. The number of ketones is 3. The van der Waals surface area contributed by atoms with Crippen molar-refractivity contribution in [2.75, 3.05) is 14.1 Å². The standard InChI is InChI=1S/C22H21FN2O8/c1-7-8-5-4-6-9(26)10(8)17(29)21(23)12(7)16(28)13-14(25(2)3)15(27)11(19(24)31)18(30)22(13,33)20(21)32/h4-6,12-14,16,26,28,30,33H,1H2,2-3H3,(H2,24,31)/t12-,13-,14+,16+,21+,22-/m1/s1. The lowest BCUT2D eigenvalue weighted by atomic mass is 9.51. The number of phenolic OH excluding ortho intramolecular Hbond substituents is 1. The van der Waals surface area contributed by atoms with Crippen molar-refractivity contribution in [2.45, 2.75) is 23.4 Å². The zero-order valence-corrected chi connectivity index (χ0v) is 17.6. The topological polar surface area (TPSA) is 178 Å². The largest absolute Gasteiger partial charge is 0.508 e. The fourth-order valence-electron chi connectivity index (χ4n) is 5.44. The number of alkyl halides is 1. The van der Waals surface area contributed by atoms with E-state index in [2.05, 4.69) is 6.58 Å². The average Bonchev–Trinajstić information content (AvgIpc) is 2.72. The SMILES string of the molecule is C=C1c2cccc(O)c2C(=O)[C@]2(F)C(=O)[C@]3(O)C(O)=C(C(N)=O)C(=O)[C@@H](N(C)C)[C@@H]3[C@@H](O)[C@@H]12. The molecular formula is C22H21FN2O8. The second kappa shape index (κ2) is 6.80. The second-order valence-electron chi connectivity index (χ2n) is 8.72. The summed E-state index contributed by atoms with van der Waals surface area (Å²) in [5, 5.41) is 43.5. The number of halogens is 1. The highest BCUT2D eigenvalue weighted by Crippen LogP contribution is 2.57. The molecule has 174 valence electrons. The highest BCUT2D eigenvalue weighted by atomic mass is 19.1. The molecule has 0 radical (unpaired) electrons. The van der Waals surface area contributed by atoms with Crippen LogP contribution in [0, 0.1) is 11.8 Å². The van der Waals surface area contributed by atoms with Gasteiger partial charge in [-0.25, -0.2) is 4.39 Å². The Bertz CT molecular complexity index is 1210. The molecular weight excluding hydrogens is 439 g/mol. The number of phenols is 1. The Hall–Kier alpha value is -3.41. The Labute approximate surface area is 186 Å². The predicted molar refractivity (Wildman–Crippen MR) is 110 cm³/mol. The number of nitrogens with two attached hydrogens (primary N) is 1. The van der Waals surface area contributed by atoms with Crippen molar-refractivity contribution < 1.29 is 44.0 Å². The quantitative estimate of drug-likeness (QED) is 0.274. The van der Waals surface area contributed by atoms with Crippen molar-refractivity contribution in [1.29, 1.82) is 0 Å². The molecule has 6 atom stereocenters. The molecule has 33 heavy (non-hydrogen) atoms. The van der Waals surface area contributed by atoms with Gasteiger partial charge < -0.3 is 26.2 Å². The van der Waals surface area contributed by atoms with E-state index in [1.165, 1.54) is 31.1 Å². The first kappa shape index (κ1) is 22.8. The maximum Gasteiger partial charge on any atom is 0.255 e. The van der Waals surface area contributed by atoms with Crippen molar-refractivity contribution in [3.63, 3.8) is 0 Å². The number of fused-ring (bicyclic) bond motifs is 3. The van der Waals surface area contributed by atoms with Crippen LogP contribution in [0.4, 0.5) is 4.39 Å². The number of carbonyl (C=O) groups excluding carboxylic acids is 4. The molecule has 0 aromatic heterocycles. The van der Waals surface area contributed by atoms with Crippen LogP contribution in [0.3, 0.4) is 0 Å². The summed E-state index contributed by atoms with van der Waals surface area (Å²) in [4.78, 5) is 52.8. The molecule has 1 aromatic rings. The third-order valence-corrected chi connectivity index (χ3v) is 6.87. The van der Waals surface area contributed by atoms with E-state index in [4.69, 9.17) is 5.73 Å². The van der Waals surface area contributed by atoms with Gasteiger partial charge in [-0.05, 0) is 31.3 Å². The smallest absolute Gasteiger partial charge is 0.255 e. The first-order chi connectivity index (χ1) is 15.2. The van der Waals surface area contributed by atoms with Crippen LogP contribution in [0.5, 0.6) is 5.75 Å². The van der Waals surface area contributed by atoms with Crippen LogP contribution < -0.4 is 5.73 Å². The molecule has 4 rings (SSSR count). The predicted octanol–water partition coefficient (Wildman–Crippen LogP) is -0.973. The normalized spacial score (nSPS) is 35.9. The van der Waals surface area contributed by atoms with Crippen LogP contribution in [0.2, 0.25) is 0 Å². The molecule has 1 aromatic carbocycles. The second-order valence-corrected chi connectivity index (χ2v) is 8.72. The maximum absolute atomic E-state index is 16.6. The summed E-state index contributed by atoms with van der Waals surface area (Å²) < 4.78 is 16.6. The number of amides is 1. The lowest BCUT2D eigenvalue weighted by Crippen LogP contribution is -2.77. The minimum atomic E-state index is -3.68. The van der Waals surface area contributed by atoms with Gasteiger partial charge in [0.25, 0.3) is 5.91 Å². The van der Waals surface area contributed by atoms with Crippen molar-refractivity contribution in [1.82, 2.24) is 4.90 Å². The fraction of sp³-hybridized carbons (Fsp3) is 0.364. The molecule has 0 saturated heterocycles. The summed E-state index contributed by atoms with van der Waals surface area (Å²) >= 11 is 0. The molecule has 1 amide bonds. The van der Waals surface area contributed by atoms with E-state index in [1.54, 1.807) is 0 Å². The summed E-state index contributed by atoms with van der Waals surface area (Å²) in [6, 6.07) is 2.18. The Balaban J connectivity index is 2.08. The van der Waals surface area contributed by atoms with Gasteiger partial charge in [-0.1, -0.05) is 18.7 Å². The van der Waals surface area contributed by atoms with Crippen LogP contribution >= 0.6 is 0 Å². The number of carbonyl (C=O) groups is 4. The molecule has 3 aliphatic rings. The molecule has 10 nitrogen and oxygen atoms in total. The lowest BCUT2D eigenvalue weighted by Gasteiger charge is -2.56. The van der Waals surface area contributed by atoms with Gasteiger partial charge in [-0.2, -0.15) is 0 Å². The molecule has 0 bridgehead atoms. The van der Waals surface area contributed by atoms with Gasteiger partial charge >= 0.3 is 0 Å². The van der Waals surface area contributed by atoms with E-state index in [0.717, 1.165) is 6.07 Å². The van der Waals surface area contributed by atoms with Gasteiger partial charge in [0.2, 0.25) is 17.2 Å². The Morgan fingerprint density at radius 3 is 2.36 bits per heavy atom. The molecule has 0 heterocycles. The van der Waals surface area contributed by atoms with E-state index < -0.39 is 81.2 Å². The molecule has 6 N–H and O–H groups in total. The fourth-order valence-corrected chi connectivity index (χ4v) is 5.44. The van der Waals surface area contributed by atoms with Gasteiger partial charge in [0.15, 0.2) is 11.4 Å². The Morgan fingerprint density at radius 2 is 1.82 bits per heavy atom. The van der Waals surface area contributed by atoms with Gasteiger partial charge in [0.1, 0.15) is 17.1 Å². The van der Waals surface area contributed by atoms with Crippen molar-refractivity contribution >= 4 is 28.8 Å². The first-order valence-electron chi connectivity index (χ1n) is 9.88. The van der Waals surface area contributed by atoms with Gasteiger partial charge in [0.05, 0.1) is 29.5 Å². The highest BCUT2D eigenvalue weighted by molar-refractivity contribution is 6.29. The van der Waals surface area contributed by atoms with Gasteiger partial charge in [-0.15, -0.1) is 0 Å². The van der Waals surface area contributed by atoms with Crippen molar-refractivity contribution in [2.24, 2.45) is 17.6 Å². The summed E-state index contributed by atoms with van der Waals surface area (Å²) in [5.74, 6) is -12.1. The number of likely N-dealkylation sites (N-methyl/N-ethyl adjacent to an activating group) is 1. The summed E-state index contributed by atoms with van der Waals surface area (Å²) in [5.41, 5.74) is -3.81. The molecule has 0 unspecified atom stereocenters. The number of Topliss-reactive ketones (excluding diaryl/α,β-unsaturated/α-hetero) is 3. The van der Waals surface area contributed by atoms with Crippen molar-refractivity contribution in [3.8, 4) is 5.75 Å². The van der Waals surface area contributed by atoms with Crippen LogP contribution in [0.25, 0.3) is 5.57 Å². The lowest BCUT2D eigenvalue weighted by molar-refractivity contribution is -0.189. The van der Waals surface area contributed by atoms with E-state index in [0.29, 0.717) is 0 Å². The number of primary amides is 1. The van der Waals surface area contributed by atoms with Crippen LogP contribution in [-0.2, 0) is 14.4 Å². The molecule has 1 fully saturated rings. The van der Waals surface area contributed by atoms with Gasteiger partial charge in [-0.3, -0.25) is 24.1 Å². The maximum atomic E-state index is 16.6. The van der Waals surface area contributed by atoms with E-state index in [-0.39, 0.29) is 11.1 Å². The number of hydrogen-bond donors (Lipinski definition) is 5. The molecule has 3 aliphatic carbocycles. The number of aliphatic hydroxyl groups is 3. The Morgan fingerprint density at radius 1 is 1.21 bits per heavy atom. The van der Waals surface area contributed by atoms with E-state index in [1.807, 2.05) is 0 Å². The average molecular weight is 460 g/mol. The highest BCUT2D eigenvalue weighted by Gasteiger charge is 2.76. The molecule has 11 heteroatoms.